The number of methoxy groups -OCH3 is 1. The van der Waals surface area contributed by atoms with Crippen molar-refractivity contribution < 1.29 is 9.53 Å². The SMILES string of the molecule is COc1ccc(N)cc1NC(=O)CN(CCC#N)C(C)C. The largest absolute Gasteiger partial charge is 0.495 e. The topological polar surface area (TPSA) is 91.4 Å². The van der Waals surface area contributed by atoms with Crippen molar-refractivity contribution in [1.29, 1.82) is 5.26 Å². The minimum atomic E-state index is -0.162. The predicted molar refractivity (Wildman–Crippen MR) is 83.0 cm³/mol. The number of nitriles is 1. The second-order valence-corrected chi connectivity index (χ2v) is 4.98. The average Bonchev–Trinajstić information content (AvgIpc) is 2.43. The fourth-order valence-electron chi connectivity index (χ4n) is 1.91. The molecule has 1 rings (SSSR count). The summed E-state index contributed by atoms with van der Waals surface area (Å²) in [6, 6.07) is 7.36. The molecule has 3 N–H and O–H groups in total. The van der Waals surface area contributed by atoms with E-state index in [2.05, 4.69) is 11.4 Å². The molecule has 0 saturated carbocycles. The lowest BCUT2D eigenvalue weighted by atomic mass is 10.2. The van der Waals surface area contributed by atoms with E-state index in [-0.39, 0.29) is 18.5 Å². The number of benzene rings is 1. The molecule has 1 amide bonds. The zero-order valence-corrected chi connectivity index (χ0v) is 12.7. The van der Waals surface area contributed by atoms with Gasteiger partial charge in [-0.15, -0.1) is 0 Å². The van der Waals surface area contributed by atoms with Crippen LogP contribution in [0.25, 0.3) is 0 Å². The third kappa shape index (κ3) is 5.32. The van der Waals surface area contributed by atoms with Gasteiger partial charge in [-0.2, -0.15) is 5.26 Å². The highest BCUT2D eigenvalue weighted by Gasteiger charge is 2.15. The summed E-state index contributed by atoms with van der Waals surface area (Å²) in [6.07, 6.45) is 0.396. The lowest BCUT2D eigenvalue weighted by Gasteiger charge is -2.24. The molecule has 21 heavy (non-hydrogen) atoms. The van der Waals surface area contributed by atoms with E-state index < -0.39 is 0 Å². The molecule has 0 aliphatic rings. The van der Waals surface area contributed by atoms with Crippen molar-refractivity contribution in [2.24, 2.45) is 0 Å². The van der Waals surface area contributed by atoms with Crippen molar-refractivity contribution >= 4 is 17.3 Å². The van der Waals surface area contributed by atoms with Gasteiger partial charge in [0, 0.05) is 24.7 Å². The predicted octanol–water partition coefficient (Wildman–Crippen LogP) is 1.84. The number of ether oxygens (including phenoxy) is 1. The maximum atomic E-state index is 12.1. The fourth-order valence-corrected chi connectivity index (χ4v) is 1.91. The van der Waals surface area contributed by atoms with Gasteiger partial charge in [-0.05, 0) is 32.0 Å². The summed E-state index contributed by atoms with van der Waals surface area (Å²) in [5.41, 5.74) is 6.82. The fraction of sp³-hybridized carbons (Fsp3) is 0.467. The van der Waals surface area contributed by atoms with Crippen LogP contribution in [0, 0.1) is 11.3 Å². The summed E-state index contributed by atoms with van der Waals surface area (Å²) in [7, 11) is 1.54. The van der Waals surface area contributed by atoms with Crippen LogP contribution in [-0.4, -0.2) is 37.0 Å². The first kappa shape index (κ1) is 16.8. The molecular weight excluding hydrogens is 268 g/mol. The Morgan fingerprint density at radius 1 is 1.52 bits per heavy atom. The van der Waals surface area contributed by atoms with Crippen LogP contribution in [0.1, 0.15) is 20.3 Å². The van der Waals surface area contributed by atoms with Crippen molar-refractivity contribution in [3.63, 3.8) is 0 Å². The lowest BCUT2D eigenvalue weighted by Crippen LogP contribution is -2.38. The summed E-state index contributed by atoms with van der Waals surface area (Å²) in [4.78, 5) is 14.1. The molecule has 0 atom stereocenters. The van der Waals surface area contributed by atoms with Crippen LogP contribution < -0.4 is 15.8 Å². The Labute approximate surface area is 125 Å². The summed E-state index contributed by atoms with van der Waals surface area (Å²) in [5, 5.41) is 11.5. The number of carbonyl (C=O) groups excluding carboxylic acids is 1. The van der Waals surface area contributed by atoms with Gasteiger partial charge in [-0.25, -0.2) is 0 Å². The number of hydrogen-bond donors (Lipinski definition) is 2. The average molecular weight is 290 g/mol. The van der Waals surface area contributed by atoms with Crippen molar-refractivity contribution in [3.05, 3.63) is 18.2 Å². The Bertz CT molecular complexity index is 523. The number of hydrogen-bond acceptors (Lipinski definition) is 5. The van der Waals surface area contributed by atoms with Gasteiger partial charge in [0.15, 0.2) is 0 Å². The molecule has 0 unspecified atom stereocenters. The van der Waals surface area contributed by atoms with Crippen molar-refractivity contribution in [3.8, 4) is 11.8 Å². The second-order valence-electron chi connectivity index (χ2n) is 4.98. The number of anilines is 2. The van der Waals surface area contributed by atoms with Gasteiger partial charge in [-0.1, -0.05) is 0 Å². The molecule has 6 heteroatoms. The van der Waals surface area contributed by atoms with Crippen molar-refractivity contribution in [2.75, 3.05) is 31.2 Å². The van der Waals surface area contributed by atoms with Crippen LogP contribution in [0.3, 0.4) is 0 Å². The number of nitrogens with one attached hydrogen (secondary N) is 1. The molecule has 0 aromatic heterocycles. The van der Waals surface area contributed by atoms with Gasteiger partial charge in [-0.3, -0.25) is 9.69 Å². The van der Waals surface area contributed by atoms with E-state index in [0.29, 0.717) is 30.1 Å². The van der Waals surface area contributed by atoms with Crippen LogP contribution in [0.15, 0.2) is 18.2 Å². The molecular formula is C15H22N4O2. The van der Waals surface area contributed by atoms with Crippen LogP contribution >= 0.6 is 0 Å². The Morgan fingerprint density at radius 2 is 2.24 bits per heavy atom. The molecule has 0 saturated heterocycles. The monoisotopic (exact) mass is 290 g/mol. The van der Waals surface area contributed by atoms with Gasteiger partial charge in [0.05, 0.1) is 25.4 Å². The molecule has 1 aromatic carbocycles. The Kier molecular flexibility index (Phi) is 6.50. The molecule has 6 nitrogen and oxygen atoms in total. The van der Waals surface area contributed by atoms with Crippen molar-refractivity contribution in [1.82, 2.24) is 4.90 Å². The molecule has 0 aliphatic heterocycles. The summed E-state index contributed by atoms with van der Waals surface area (Å²) in [6.45, 7) is 4.77. The first-order valence-electron chi connectivity index (χ1n) is 6.82. The van der Waals surface area contributed by atoms with E-state index in [0.717, 1.165) is 0 Å². The molecule has 0 heterocycles. The number of carbonyl (C=O) groups is 1. The number of nitrogen functional groups attached to an aromatic ring is 1. The highest BCUT2D eigenvalue weighted by atomic mass is 16.5. The van der Waals surface area contributed by atoms with E-state index in [4.69, 9.17) is 15.7 Å². The molecule has 0 radical (unpaired) electrons. The van der Waals surface area contributed by atoms with E-state index in [1.807, 2.05) is 18.7 Å². The van der Waals surface area contributed by atoms with Gasteiger partial charge in [0.2, 0.25) is 5.91 Å². The smallest absolute Gasteiger partial charge is 0.238 e. The first-order valence-corrected chi connectivity index (χ1v) is 6.82. The number of nitrogens with zero attached hydrogens (tertiary/aromatic N) is 2. The highest BCUT2D eigenvalue weighted by Crippen LogP contribution is 2.26. The van der Waals surface area contributed by atoms with E-state index in [9.17, 15) is 4.79 Å². The molecule has 114 valence electrons. The van der Waals surface area contributed by atoms with Gasteiger partial charge in [0.25, 0.3) is 0 Å². The van der Waals surface area contributed by atoms with Gasteiger partial charge in [0.1, 0.15) is 5.75 Å². The second kappa shape index (κ2) is 8.12. The minimum Gasteiger partial charge on any atom is -0.495 e. The third-order valence-corrected chi connectivity index (χ3v) is 3.09. The Morgan fingerprint density at radius 3 is 2.81 bits per heavy atom. The standard InChI is InChI=1S/C15H22N4O2/c1-11(2)19(8-4-7-16)10-15(20)18-13-9-12(17)5-6-14(13)21-3/h5-6,9,11H,4,8,10,17H2,1-3H3,(H,18,20). The van der Waals surface area contributed by atoms with Crippen LogP contribution in [0.2, 0.25) is 0 Å². The van der Waals surface area contributed by atoms with Crippen molar-refractivity contribution in [2.45, 2.75) is 26.3 Å². The molecule has 0 fully saturated rings. The molecule has 0 spiro atoms. The van der Waals surface area contributed by atoms with Crippen LogP contribution in [0.5, 0.6) is 5.75 Å². The van der Waals surface area contributed by atoms with E-state index in [1.165, 1.54) is 7.11 Å². The van der Waals surface area contributed by atoms with E-state index in [1.54, 1.807) is 18.2 Å². The normalized spacial score (nSPS) is 10.5. The van der Waals surface area contributed by atoms with Gasteiger partial charge >= 0.3 is 0 Å². The Hall–Kier alpha value is -2.26. The minimum absolute atomic E-state index is 0.162. The molecule has 0 aliphatic carbocycles. The maximum absolute atomic E-state index is 12.1. The third-order valence-electron chi connectivity index (χ3n) is 3.09. The zero-order chi connectivity index (χ0) is 15.8. The highest BCUT2D eigenvalue weighted by molar-refractivity contribution is 5.94. The number of amides is 1. The lowest BCUT2D eigenvalue weighted by molar-refractivity contribution is -0.117. The van der Waals surface area contributed by atoms with Crippen LogP contribution in [0.4, 0.5) is 11.4 Å². The molecule has 0 bridgehead atoms. The number of nitrogens with two attached hydrogens (primary N) is 1. The Balaban J connectivity index is 2.72. The zero-order valence-electron chi connectivity index (χ0n) is 12.7. The van der Waals surface area contributed by atoms with Gasteiger partial charge < -0.3 is 15.8 Å². The van der Waals surface area contributed by atoms with Crippen LogP contribution in [-0.2, 0) is 4.79 Å². The number of rotatable bonds is 7. The summed E-state index contributed by atoms with van der Waals surface area (Å²) < 4.78 is 5.19. The summed E-state index contributed by atoms with van der Waals surface area (Å²) in [5.74, 6) is 0.399. The summed E-state index contributed by atoms with van der Waals surface area (Å²) >= 11 is 0. The molecule has 1 aromatic rings. The van der Waals surface area contributed by atoms with E-state index >= 15 is 0 Å². The quantitative estimate of drug-likeness (QED) is 0.748. The first-order chi connectivity index (χ1) is 9.97. The maximum Gasteiger partial charge on any atom is 0.238 e.